The summed E-state index contributed by atoms with van der Waals surface area (Å²) in [5.41, 5.74) is 1.88. The van der Waals surface area contributed by atoms with E-state index in [0.29, 0.717) is 11.3 Å². The summed E-state index contributed by atoms with van der Waals surface area (Å²) in [6, 6.07) is 8.29. The number of rotatable bonds is 4. The van der Waals surface area contributed by atoms with E-state index in [4.69, 9.17) is 4.74 Å². The van der Waals surface area contributed by atoms with Gasteiger partial charge in [0, 0.05) is 30.9 Å². The number of imide groups is 2. The van der Waals surface area contributed by atoms with Gasteiger partial charge < -0.3 is 15.0 Å². The van der Waals surface area contributed by atoms with Crippen LogP contribution in [-0.2, 0) is 14.4 Å². The van der Waals surface area contributed by atoms with Gasteiger partial charge in [-0.05, 0) is 49.2 Å². The van der Waals surface area contributed by atoms with Crippen molar-refractivity contribution in [2.75, 3.05) is 23.9 Å². The number of carbonyl (C=O) groups is 5. The van der Waals surface area contributed by atoms with E-state index in [2.05, 4.69) is 15.6 Å². The summed E-state index contributed by atoms with van der Waals surface area (Å²) in [7, 11) is 1.50. The molecule has 3 aromatic rings. The third kappa shape index (κ3) is 3.87. The lowest BCUT2D eigenvalue weighted by Crippen LogP contribution is -2.54. The number of pyridine rings is 1. The molecular weight excluding hydrogens is 521 g/mol. The highest BCUT2D eigenvalue weighted by Crippen LogP contribution is 2.45. The van der Waals surface area contributed by atoms with Crippen LogP contribution in [0, 0.1) is 12.7 Å². The SMILES string of the molecule is Cc1cc(-c2c(Nc3cccc4c3C(=O)N(C3CCC(=O)NC3=O)C4=O)cc3c(c2F)OCC(=O)N3C)ccn1. The number of aryl methyl sites for hydroxylation is 1. The van der Waals surface area contributed by atoms with Gasteiger partial charge in [-0.15, -0.1) is 0 Å². The van der Waals surface area contributed by atoms with E-state index >= 15 is 4.39 Å². The predicted molar refractivity (Wildman–Crippen MR) is 140 cm³/mol. The Kier molecular flexibility index (Phi) is 5.82. The first-order chi connectivity index (χ1) is 19.2. The van der Waals surface area contributed by atoms with E-state index in [1.807, 2.05) is 0 Å². The van der Waals surface area contributed by atoms with Crippen LogP contribution >= 0.6 is 0 Å². The lowest BCUT2D eigenvalue weighted by atomic mass is 9.99. The van der Waals surface area contributed by atoms with Crippen LogP contribution in [0.25, 0.3) is 11.1 Å². The summed E-state index contributed by atoms with van der Waals surface area (Å²) in [4.78, 5) is 69.6. The van der Waals surface area contributed by atoms with E-state index in [-0.39, 0.29) is 64.9 Å². The van der Waals surface area contributed by atoms with Crippen molar-refractivity contribution in [3.8, 4) is 16.9 Å². The molecule has 3 aliphatic heterocycles. The Morgan fingerprint density at radius 2 is 1.85 bits per heavy atom. The molecule has 1 aromatic heterocycles. The van der Waals surface area contributed by atoms with Crippen molar-refractivity contribution in [3.63, 3.8) is 0 Å². The Hall–Kier alpha value is -5.13. The van der Waals surface area contributed by atoms with Gasteiger partial charge in [0.2, 0.25) is 11.8 Å². The Morgan fingerprint density at radius 1 is 1.05 bits per heavy atom. The second kappa shape index (κ2) is 9.26. The van der Waals surface area contributed by atoms with Gasteiger partial charge in [0.25, 0.3) is 17.7 Å². The highest BCUT2D eigenvalue weighted by Gasteiger charge is 2.45. The fourth-order valence-electron chi connectivity index (χ4n) is 5.22. The molecule has 12 heteroatoms. The normalized spacial score (nSPS) is 18.4. The quantitative estimate of drug-likeness (QED) is 0.479. The number of benzene rings is 2. The average Bonchev–Trinajstić information content (AvgIpc) is 3.17. The fourth-order valence-corrected chi connectivity index (χ4v) is 5.22. The monoisotopic (exact) mass is 543 g/mol. The third-order valence-corrected chi connectivity index (χ3v) is 7.20. The summed E-state index contributed by atoms with van der Waals surface area (Å²) in [5.74, 6) is -3.75. The van der Waals surface area contributed by atoms with Crippen LogP contribution < -0.4 is 20.3 Å². The zero-order chi connectivity index (χ0) is 28.3. The molecule has 0 aliphatic carbocycles. The van der Waals surface area contributed by atoms with Crippen molar-refractivity contribution in [1.29, 1.82) is 0 Å². The molecule has 0 radical (unpaired) electrons. The van der Waals surface area contributed by atoms with Crippen LogP contribution in [0.5, 0.6) is 5.75 Å². The number of likely N-dealkylation sites (N-methyl/N-ethyl adjacent to an activating group) is 1. The number of amides is 5. The van der Waals surface area contributed by atoms with Gasteiger partial charge in [0.15, 0.2) is 18.2 Å². The van der Waals surface area contributed by atoms with Crippen LogP contribution in [0.4, 0.5) is 21.5 Å². The Balaban J connectivity index is 1.47. The zero-order valence-corrected chi connectivity index (χ0v) is 21.4. The number of hydrogen-bond donors (Lipinski definition) is 2. The second-order valence-corrected chi connectivity index (χ2v) is 9.69. The van der Waals surface area contributed by atoms with Crippen LogP contribution in [0.2, 0.25) is 0 Å². The van der Waals surface area contributed by atoms with Crippen LogP contribution in [-0.4, -0.2) is 59.1 Å². The lowest BCUT2D eigenvalue weighted by Gasteiger charge is -2.29. The number of carbonyl (C=O) groups excluding carboxylic acids is 5. The van der Waals surface area contributed by atoms with E-state index < -0.39 is 35.5 Å². The molecule has 6 rings (SSSR count). The van der Waals surface area contributed by atoms with Gasteiger partial charge >= 0.3 is 0 Å². The van der Waals surface area contributed by atoms with Crippen LogP contribution in [0.3, 0.4) is 0 Å². The first-order valence-electron chi connectivity index (χ1n) is 12.5. The minimum Gasteiger partial charge on any atom is -0.478 e. The number of hydrogen-bond acceptors (Lipinski definition) is 8. The van der Waals surface area contributed by atoms with Gasteiger partial charge in [-0.3, -0.25) is 39.2 Å². The fraction of sp³-hybridized carbons (Fsp3) is 0.214. The van der Waals surface area contributed by atoms with Crippen LogP contribution in [0.1, 0.15) is 39.3 Å². The number of ether oxygens (including phenoxy) is 1. The molecule has 2 N–H and O–H groups in total. The molecule has 4 heterocycles. The molecular formula is C28H22FN5O6. The summed E-state index contributed by atoms with van der Waals surface area (Å²) in [5, 5.41) is 5.27. The van der Waals surface area contributed by atoms with E-state index in [9.17, 15) is 24.0 Å². The molecule has 0 saturated carbocycles. The average molecular weight is 544 g/mol. The largest absolute Gasteiger partial charge is 0.478 e. The third-order valence-electron chi connectivity index (χ3n) is 7.20. The maximum Gasteiger partial charge on any atom is 0.264 e. The number of fused-ring (bicyclic) bond motifs is 2. The molecule has 1 atom stereocenters. The number of halogens is 1. The molecule has 1 fully saturated rings. The molecule has 2 aromatic carbocycles. The highest BCUT2D eigenvalue weighted by atomic mass is 19.1. The molecule has 40 heavy (non-hydrogen) atoms. The van der Waals surface area contributed by atoms with E-state index in [1.54, 1.807) is 37.3 Å². The highest BCUT2D eigenvalue weighted by molar-refractivity contribution is 6.25. The summed E-state index contributed by atoms with van der Waals surface area (Å²) in [6.07, 6.45) is 1.54. The zero-order valence-electron chi connectivity index (χ0n) is 21.4. The van der Waals surface area contributed by atoms with Gasteiger partial charge in [0.1, 0.15) is 6.04 Å². The Labute approximate surface area is 226 Å². The van der Waals surface area contributed by atoms with Gasteiger partial charge in [-0.1, -0.05) is 6.07 Å². The van der Waals surface area contributed by atoms with Gasteiger partial charge in [0.05, 0.1) is 28.2 Å². The predicted octanol–water partition coefficient (Wildman–Crippen LogP) is 2.70. The number of nitrogens with zero attached hydrogens (tertiary/aromatic N) is 3. The minimum absolute atomic E-state index is 0.00729. The first-order valence-corrected chi connectivity index (χ1v) is 12.5. The lowest BCUT2D eigenvalue weighted by molar-refractivity contribution is -0.136. The second-order valence-electron chi connectivity index (χ2n) is 9.69. The maximum atomic E-state index is 16.1. The minimum atomic E-state index is -1.13. The molecule has 0 spiro atoms. The van der Waals surface area contributed by atoms with Crippen molar-refractivity contribution in [2.24, 2.45) is 0 Å². The topological polar surface area (TPSA) is 138 Å². The van der Waals surface area contributed by atoms with Crippen molar-refractivity contribution < 1.29 is 33.1 Å². The smallest absolute Gasteiger partial charge is 0.264 e. The molecule has 1 saturated heterocycles. The van der Waals surface area contributed by atoms with Crippen molar-refractivity contribution >= 4 is 46.6 Å². The molecule has 0 bridgehead atoms. The van der Waals surface area contributed by atoms with Crippen LogP contribution in [0.15, 0.2) is 42.6 Å². The standard InChI is InChI=1S/C28H22FN5O6/c1-13-10-14(8-9-30-13)22-17(11-19-25(24(22)29)40-12-21(36)33(19)2)31-16-5-3-4-15-23(16)28(39)34(27(15)38)18-6-7-20(35)32-26(18)37/h3-5,8-11,18,31H,6-7,12H2,1-2H3,(H,32,35,37). The Bertz CT molecular complexity index is 1670. The van der Waals surface area contributed by atoms with Gasteiger partial charge in [-0.2, -0.15) is 0 Å². The number of aromatic nitrogens is 1. The number of piperidine rings is 1. The van der Waals surface area contributed by atoms with Gasteiger partial charge in [-0.25, -0.2) is 4.39 Å². The Morgan fingerprint density at radius 3 is 2.60 bits per heavy atom. The molecule has 202 valence electrons. The maximum absolute atomic E-state index is 16.1. The summed E-state index contributed by atoms with van der Waals surface area (Å²) >= 11 is 0. The summed E-state index contributed by atoms with van der Waals surface area (Å²) in [6.45, 7) is 1.44. The van der Waals surface area contributed by atoms with Crippen molar-refractivity contribution in [2.45, 2.75) is 25.8 Å². The first kappa shape index (κ1) is 25.2. The van der Waals surface area contributed by atoms with E-state index in [0.717, 1.165) is 4.90 Å². The number of anilines is 3. The van der Waals surface area contributed by atoms with Crippen molar-refractivity contribution in [3.05, 3.63) is 65.2 Å². The molecule has 5 amide bonds. The molecule has 11 nitrogen and oxygen atoms in total. The number of nitrogens with one attached hydrogen (secondary N) is 2. The summed E-state index contributed by atoms with van der Waals surface area (Å²) < 4.78 is 21.6. The molecule has 1 unspecified atom stereocenters. The van der Waals surface area contributed by atoms with Crippen molar-refractivity contribution in [1.82, 2.24) is 15.2 Å². The van der Waals surface area contributed by atoms with E-state index in [1.165, 1.54) is 24.2 Å². The molecule has 3 aliphatic rings.